The lowest BCUT2D eigenvalue weighted by molar-refractivity contribution is 0.207. The SMILES string of the molecule is NC(N)=Nc1ccc(N2C(=O)N(Cc3ccccc3)N=C(C3CCCCC3)c3ccccc32)cc1Br. The highest BCUT2D eigenvalue weighted by Gasteiger charge is 2.34. The van der Waals surface area contributed by atoms with Gasteiger partial charge in [0.15, 0.2) is 5.96 Å². The van der Waals surface area contributed by atoms with E-state index in [1.54, 1.807) is 16.0 Å². The van der Waals surface area contributed by atoms with Crippen molar-refractivity contribution in [2.75, 3.05) is 4.90 Å². The van der Waals surface area contributed by atoms with Gasteiger partial charge in [0, 0.05) is 16.0 Å². The summed E-state index contributed by atoms with van der Waals surface area (Å²) in [6.07, 6.45) is 5.78. The van der Waals surface area contributed by atoms with Crippen molar-refractivity contribution in [1.29, 1.82) is 0 Å². The number of anilines is 2. The quantitative estimate of drug-likeness (QED) is 0.286. The number of carbonyl (C=O) groups excluding carboxylic acids is 1. The van der Waals surface area contributed by atoms with Crippen molar-refractivity contribution < 1.29 is 4.79 Å². The molecule has 1 aliphatic heterocycles. The number of nitrogens with two attached hydrogens (primary N) is 2. The van der Waals surface area contributed by atoms with Crippen molar-refractivity contribution in [3.63, 3.8) is 0 Å². The Kier molecular flexibility index (Phi) is 7.04. The molecule has 4 N–H and O–H groups in total. The largest absolute Gasteiger partial charge is 0.370 e. The van der Waals surface area contributed by atoms with Crippen LogP contribution in [0.1, 0.15) is 43.2 Å². The van der Waals surface area contributed by atoms with E-state index in [-0.39, 0.29) is 12.0 Å². The number of hydrazone groups is 1. The van der Waals surface area contributed by atoms with Crippen molar-refractivity contribution in [3.05, 3.63) is 88.4 Å². The van der Waals surface area contributed by atoms with E-state index in [4.69, 9.17) is 16.6 Å². The van der Waals surface area contributed by atoms with Crippen molar-refractivity contribution >= 4 is 50.7 Å². The number of hydrogen-bond donors (Lipinski definition) is 2. The van der Waals surface area contributed by atoms with Crippen molar-refractivity contribution in [1.82, 2.24) is 5.01 Å². The van der Waals surface area contributed by atoms with Gasteiger partial charge in [0.2, 0.25) is 0 Å². The van der Waals surface area contributed by atoms with E-state index < -0.39 is 0 Å². The molecule has 0 aromatic heterocycles. The molecular weight excluding hydrogens is 516 g/mol. The summed E-state index contributed by atoms with van der Waals surface area (Å²) >= 11 is 3.57. The van der Waals surface area contributed by atoms with Crippen LogP contribution in [0.15, 0.2) is 87.4 Å². The summed E-state index contributed by atoms with van der Waals surface area (Å²) in [6.45, 7) is 0.383. The van der Waals surface area contributed by atoms with Gasteiger partial charge in [-0.05, 0) is 58.6 Å². The molecule has 5 rings (SSSR count). The summed E-state index contributed by atoms with van der Waals surface area (Å²) in [6, 6.07) is 23.3. The van der Waals surface area contributed by atoms with Crippen LogP contribution in [0, 0.1) is 5.92 Å². The molecular formula is C28H29BrN6O. The predicted molar refractivity (Wildman–Crippen MR) is 149 cm³/mol. The molecule has 0 atom stereocenters. The maximum Gasteiger partial charge on any atom is 0.349 e. The first kappa shape index (κ1) is 24.1. The molecule has 1 aliphatic carbocycles. The Morgan fingerprint density at radius 2 is 1.69 bits per heavy atom. The topological polar surface area (TPSA) is 100 Å². The average Bonchev–Trinajstić information content (AvgIpc) is 3.01. The Labute approximate surface area is 219 Å². The van der Waals surface area contributed by atoms with Crippen LogP contribution in [0.4, 0.5) is 21.9 Å². The van der Waals surface area contributed by atoms with Gasteiger partial charge in [0.25, 0.3) is 0 Å². The Morgan fingerprint density at radius 3 is 2.42 bits per heavy atom. The van der Waals surface area contributed by atoms with Crippen molar-refractivity contribution in [2.24, 2.45) is 27.5 Å². The van der Waals surface area contributed by atoms with E-state index in [1.807, 2.05) is 60.7 Å². The van der Waals surface area contributed by atoms with Gasteiger partial charge in [-0.3, -0.25) is 4.90 Å². The molecule has 3 aromatic carbocycles. The highest BCUT2D eigenvalue weighted by atomic mass is 79.9. The summed E-state index contributed by atoms with van der Waals surface area (Å²) in [5, 5.41) is 6.67. The van der Waals surface area contributed by atoms with Crippen LogP contribution in [-0.4, -0.2) is 22.7 Å². The van der Waals surface area contributed by atoms with Crippen LogP contribution >= 0.6 is 15.9 Å². The molecule has 1 saturated carbocycles. The summed E-state index contributed by atoms with van der Waals surface area (Å²) in [5.41, 5.74) is 16.3. The van der Waals surface area contributed by atoms with Gasteiger partial charge in [0.05, 0.1) is 29.3 Å². The van der Waals surface area contributed by atoms with Gasteiger partial charge < -0.3 is 11.5 Å². The van der Waals surface area contributed by atoms with E-state index in [0.717, 1.165) is 35.4 Å². The molecule has 2 amide bonds. The second kappa shape index (κ2) is 10.5. The lowest BCUT2D eigenvalue weighted by Gasteiger charge is -2.27. The van der Waals surface area contributed by atoms with Crippen LogP contribution in [0.5, 0.6) is 0 Å². The van der Waals surface area contributed by atoms with Crippen molar-refractivity contribution in [3.8, 4) is 0 Å². The molecule has 1 fully saturated rings. The zero-order chi connectivity index (χ0) is 25.1. The molecule has 7 nitrogen and oxygen atoms in total. The number of fused-ring (bicyclic) bond motifs is 1. The number of hydrogen-bond acceptors (Lipinski definition) is 3. The van der Waals surface area contributed by atoms with Gasteiger partial charge in [0.1, 0.15) is 0 Å². The monoisotopic (exact) mass is 544 g/mol. The molecule has 0 saturated heterocycles. The van der Waals surface area contributed by atoms with Gasteiger partial charge >= 0.3 is 6.03 Å². The normalized spacial score (nSPS) is 16.2. The molecule has 2 aliphatic rings. The lowest BCUT2D eigenvalue weighted by atomic mass is 9.83. The molecule has 3 aromatic rings. The Balaban J connectivity index is 1.64. The molecule has 1 heterocycles. The van der Waals surface area contributed by atoms with Gasteiger partial charge in [-0.1, -0.05) is 67.8 Å². The first-order valence-electron chi connectivity index (χ1n) is 12.2. The average molecular weight is 545 g/mol. The van der Waals surface area contributed by atoms with E-state index in [2.05, 4.69) is 27.0 Å². The summed E-state index contributed by atoms with van der Waals surface area (Å²) < 4.78 is 0.686. The van der Waals surface area contributed by atoms with Crippen LogP contribution in [0.2, 0.25) is 0 Å². The van der Waals surface area contributed by atoms with Crippen molar-refractivity contribution in [2.45, 2.75) is 38.6 Å². The number of rotatable bonds is 5. The fourth-order valence-corrected chi connectivity index (χ4v) is 5.44. The highest BCUT2D eigenvalue weighted by Crippen LogP contribution is 2.39. The third-order valence-corrected chi connectivity index (χ3v) is 7.30. The minimum Gasteiger partial charge on any atom is -0.370 e. The van der Waals surface area contributed by atoms with Gasteiger partial charge in [-0.25, -0.2) is 14.8 Å². The number of nitrogens with zero attached hydrogens (tertiary/aromatic N) is 4. The number of guanidine groups is 1. The number of halogens is 1. The zero-order valence-corrected chi connectivity index (χ0v) is 21.6. The minimum atomic E-state index is -0.210. The van der Waals surface area contributed by atoms with Crippen LogP contribution < -0.4 is 16.4 Å². The first-order chi connectivity index (χ1) is 17.5. The second-order valence-corrected chi connectivity index (χ2v) is 10.0. The number of para-hydroxylation sites is 1. The number of aliphatic imine (C=N–C) groups is 1. The summed E-state index contributed by atoms with van der Waals surface area (Å²) in [7, 11) is 0. The predicted octanol–water partition coefficient (Wildman–Crippen LogP) is 6.41. The van der Waals surface area contributed by atoms with E-state index in [0.29, 0.717) is 28.3 Å². The molecule has 184 valence electrons. The zero-order valence-electron chi connectivity index (χ0n) is 20.0. The van der Waals surface area contributed by atoms with E-state index in [1.165, 1.54) is 19.3 Å². The number of benzene rings is 3. The third kappa shape index (κ3) is 4.99. The molecule has 0 spiro atoms. The maximum atomic E-state index is 14.2. The Bertz CT molecular complexity index is 1310. The third-order valence-electron chi connectivity index (χ3n) is 6.67. The fourth-order valence-electron chi connectivity index (χ4n) is 4.98. The van der Waals surface area contributed by atoms with Crippen LogP contribution in [0.25, 0.3) is 0 Å². The summed E-state index contributed by atoms with van der Waals surface area (Å²) in [4.78, 5) is 20.1. The lowest BCUT2D eigenvalue weighted by Crippen LogP contribution is -2.36. The Hall–Kier alpha value is -3.65. The summed E-state index contributed by atoms with van der Waals surface area (Å²) in [5.74, 6) is 0.293. The standard InChI is InChI=1S/C28H29BrN6O/c29-23-17-21(15-16-24(23)32-27(30)31)35-25-14-8-7-13-22(25)26(20-11-5-2-6-12-20)33-34(28(35)36)18-19-9-3-1-4-10-19/h1,3-4,7-10,13-17,20H,2,5-6,11-12,18H2,(H4,30,31,32). The van der Waals surface area contributed by atoms with Crippen LogP contribution in [0.3, 0.4) is 0 Å². The fraction of sp³-hybridized carbons (Fsp3) is 0.250. The second-order valence-electron chi connectivity index (χ2n) is 9.17. The Morgan fingerprint density at radius 1 is 0.972 bits per heavy atom. The molecule has 0 unspecified atom stereocenters. The van der Waals surface area contributed by atoms with Gasteiger partial charge in [-0.2, -0.15) is 5.10 Å². The molecule has 8 heteroatoms. The van der Waals surface area contributed by atoms with Gasteiger partial charge in [-0.15, -0.1) is 0 Å². The van der Waals surface area contributed by atoms with E-state index in [9.17, 15) is 4.79 Å². The molecule has 36 heavy (non-hydrogen) atoms. The van der Waals surface area contributed by atoms with E-state index >= 15 is 0 Å². The smallest absolute Gasteiger partial charge is 0.349 e. The number of carbonyl (C=O) groups is 1. The molecule has 0 bridgehead atoms. The highest BCUT2D eigenvalue weighted by molar-refractivity contribution is 9.10. The number of urea groups is 1. The maximum absolute atomic E-state index is 14.2. The number of amides is 2. The minimum absolute atomic E-state index is 0.0285. The molecule has 0 radical (unpaired) electrons. The first-order valence-corrected chi connectivity index (χ1v) is 13.0. The van der Waals surface area contributed by atoms with Crippen LogP contribution in [-0.2, 0) is 6.54 Å².